The van der Waals surface area contributed by atoms with Gasteiger partial charge in [-0.1, -0.05) is 42.0 Å². The van der Waals surface area contributed by atoms with Gasteiger partial charge >= 0.3 is 5.97 Å². The topological polar surface area (TPSA) is 55.4 Å². The van der Waals surface area contributed by atoms with E-state index in [4.69, 9.17) is 16.3 Å². The van der Waals surface area contributed by atoms with Gasteiger partial charge in [-0.25, -0.2) is 0 Å². The lowest BCUT2D eigenvalue weighted by atomic mass is 10.1. The molecule has 5 heteroatoms. The maximum Gasteiger partial charge on any atom is 0.306 e. The van der Waals surface area contributed by atoms with Crippen molar-refractivity contribution < 1.29 is 14.3 Å². The van der Waals surface area contributed by atoms with E-state index >= 15 is 0 Å². The van der Waals surface area contributed by atoms with Crippen molar-refractivity contribution >= 4 is 23.5 Å². The fourth-order valence-corrected chi connectivity index (χ4v) is 2.37. The van der Waals surface area contributed by atoms with Crippen LogP contribution >= 0.6 is 11.6 Å². The summed E-state index contributed by atoms with van der Waals surface area (Å²) in [4.78, 5) is 23.2. The molecule has 0 bridgehead atoms. The Morgan fingerprint density at radius 3 is 2.86 bits per heavy atom. The van der Waals surface area contributed by atoms with Gasteiger partial charge in [-0.2, -0.15) is 0 Å². The molecule has 0 fully saturated rings. The minimum absolute atomic E-state index is 0.250. The van der Waals surface area contributed by atoms with Crippen LogP contribution in [0.2, 0.25) is 5.02 Å². The highest BCUT2D eigenvalue weighted by Gasteiger charge is 2.15. The van der Waals surface area contributed by atoms with Crippen LogP contribution in [0.4, 0.5) is 0 Å². The first-order valence-electron chi connectivity index (χ1n) is 6.97. The molecule has 1 aliphatic carbocycles. The van der Waals surface area contributed by atoms with Gasteiger partial charge in [0.05, 0.1) is 6.42 Å². The normalized spacial score (nSPS) is 16.7. The van der Waals surface area contributed by atoms with E-state index in [1.165, 1.54) is 0 Å². The highest BCUT2D eigenvalue weighted by molar-refractivity contribution is 6.31. The number of allylic oxidation sites excluding steroid dienone is 2. The molecule has 0 saturated heterocycles. The molecule has 4 nitrogen and oxygen atoms in total. The maximum absolute atomic E-state index is 11.6. The standard InChI is InChI=1S/C16H18ClNO3/c17-14-8-4-3-7-13(14)10-18-15(19)11-21-16(20)9-12-5-1-2-6-12/h1,3-5,7-8,12H,2,6,9-11H2,(H,18,19)/t12-/m1/s1. The molecule has 1 N–H and O–H groups in total. The molecule has 0 spiro atoms. The quantitative estimate of drug-likeness (QED) is 0.649. The summed E-state index contributed by atoms with van der Waals surface area (Å²) < 4.78 is 4.97. The van der Waals surface area contributed by atoms with Crippen LogP contribution in [-0.4, -0.2) is 18.5 Å². The molecular formula is C16H18ClNO3. The Kier molecular flexibility index (Phi) is 5.81. The minimum Gasteiger partial charge on any atom is -0.456 e. The largest absolute Gasteiger partial charge is 0.456 e. The molecule has 21 heavy (non-hydrogen) atoms. The monoisotopic (exact) mass is 307 g/mol. The average Bonchev–Trinajstić information content (AvgIpc) is 2.97. The Bertz CT molecular complexity index is 542. The van der Waals surface area contributed by atoms with Crippen LogP contribution in [-0.2, 0) is 20.9 Å². The molecule has 0 aliphatic heterocycles. The lowest BCUT2D eigenvalue weighted by Crippen LogP contribution is -2.28. The first-order chi connectivity index (χ1) is 10.1. The van der Waals surface area contributed by atoms with Crippen LogP contribution in [0.3, 0.4) is 0 Å². The van der Waals surface area contributed by atoms with Gasteiger partial charge in [-0.15, -0.1) is 0 Å². The Morgan fingerprint density at radius 2 is 2.14 bits per heavy atom. The van der Waals surface area contributed by atoms with E-state index < -0.39 is 0 Å². The molecule has 0 unspecified atom stereocenters. The van der Waals surface area contributed by atoms with Crippen molar-refractivity contribution in [1.29, 1.82) is 0 Å². The Hall–Kier alpha value is -1.81. The third-order valence-electron chi connectivity index (χ3n) is 3.34. The first kappa shape index (κ1) is 15.6. The Labute approximate surface area is 129 Å². The van der Waals surface area contributed by atoms with Crippen LogP contribution in [0.5, 0.6) is 0 Å². The zero-order valence-electron chi connectivity index (χ0n) is 11.7. The highest BCUT2D eigenvalue weighted by atomic mass is 35.5. The molecule has 0 aromatic heterocycles. The van der Waals surface area contributed by atoms with Crippen molar-refractivity contribution in [3.8, 4) is 0 Å². The smallest absolute Gasteiger partial charge is 0.306 e. The average molecular weight is 308 g/mol. The molecule has 2 rings (SSSR count). The molecule has 1 aromatic carbocycles. The van der Waals surface area contributed by atoms with Crippen LogP contribution in [0, 0.1) is 5.92 Å². The second-order valence-corrected chi connectivity index (χ2v) is 5.41. The lowest BCUT2D eigenvalue weighted by Gasteiger charge is -2.09. The van der Waals surface area contributed by atoms with Crippen LogP contribution in [0.15, 0.2) is 36.4 Å². The highest BCUT2D eigenvalue weighted by Crippen LogP contribution is 2.20. The summed E-state index contributed by atoms with van der Waals surface area (Å²) in [6, 6.07) is 7.27. The second-order valence-electron chi connectivity index (χ2n) is 5.00. The van der Waals surface area contributed by atoms with Gasteiger partial charge in [-0.3, -0.25) is 9.59 Å². The molecule has 1 amide bonds. The van der Waals surface area contributed by atoms with Gasteiger partial charge in [0.1, 0.15) is 0 Å². The molecule has 1 aliphatic rings. The summed E-state index contributed by atoms with van der Waals surface area (Å²) in [6.07, 6.45) is 6.42. The zero-order chi connectivity index (χ0) is 15.1. The number of hydrogen-bond donors (Lipinski definition) is 1. The van der Waals surface area contributed by atoms with Crippen molar-refractivity contribution in [2.75, 3.05) is 6.61 Å². The van der Waals surface area contributed by atoms with Crippen LogP contribution < -0.4 is 5.32 Å². The van der Waals surface area contributed by atoms with E-state index in [2.05, 4.69) is 11.4 Å². The van der Waals surface area contributed by atoms with Gasteiger partial charge < -0.3 is 10.1 Å². The Morgan fingerprint density at radius 1 is 1.33 bits per heavy atom. The lowest BCUT2D eigenvalue weighted by molar-refractivity contribution is -0.149. The van der Waals surface area contributed by atoms with E-state index in [9.17, 15) is 9.59 Å². The summed E-state index contributed by atoms with van der Waals surface area (Å²) in [5, 5.41) is 3.27. The molecule has 0 radical (unpaired) electrons. The molecule has 0 saturated carbocycles. The molecular weight excluding hydrogens is 290 g/mol. The summed E-state index contributed by atoms with van der Waals surface area (Å²) in [6.45, 7) is 0.0706. The van der Waals surface area contributed by atoms with Crippen molar-refractivity contribution in [1.82, 2.24) is 5.32 Å². The first-order valence-corrected chi connectivity index (χ1v) is 7.35. The number of nitrogens with one attached hydrogen (secondary N) is 1. The number of carbonyl (C=O) groups excluding carboxylic acids is 2. The predicted octanol–water partition coefficient (Wildman–Crippen LogP) is 2.86. The number of carbonyl (C=O) groups is 2. The van der Waals surface area contributed by atoms with Gasteiger partial charge in [-0.05, 0) is 30.4 Å². The fraction of sp³-hybridized carbons (Fsp3) is 0.375. The van der Waals surface area contributed by atoms with E-state index in [1.807, 2.05) is 24.3 Å². The van der Waals surface area contributed by atoms with Gasteiger partial charge in [0.25, 0.3) is 5.91 Å². The molecule has 1 atom stereocenters. The van der Waals surface area contributed by atoms with E-state index in [1.54, 1.807) is 6.07 Å². The van der Waals surface area contributed by atoms with E-state index in [0.717, 1.165) is 18.4 Å². The number of benzene rings is 1. The van der Waals surface area contributed by atoms with E-state index in [-0.39, 0.29) is 24.4 Å². The molecule has 0 heterocycles. The number of amides is 1. The molecule has 1 aromatic rings. The van der Waals surface area contributed by atoms with Crippen molar-refractivity contribution in [2.24, 2.45) is 5.92 Å². The van der Waals surface area contributed by atoms with Crippen molar-refractivity contribution in [3.05, 3.63) is 47.0 Å². The van der Waals surface area contributed by atoms with E-state index in [0.29, 0.717) is 18.0 Å². The number of halogens is 1. The minimum atomic E-state index is -0.334. The third kappa shape index (κ3) is 5.23. The number of hydrogen-bond acceptors (Lipinski definition) is 3. The summed E-state index contributed by atoms with van der Waals surface area (Å²) in [5.41, 5.74) is 0.829. The number of rotatable bonds is 6. The fourth-order valence-electron chi connectivity index (χ4n) is 2.17. The summed E-state index contributed by atoms with van der Waals surface area (Å²) >= 11 is 5.99. The van der Waals surface area contributed by atoms with Gasteiger partial charge in [0.2, 0.25) is 0 Å². The van der Waals surface area contributed by atoms with Crippen LogP contribution in [0.25, 0.3) is 0 Å². The Balaban J connectivity index is 1.66. The summed E-state index contributed by atoms with van der Waals surface area (Å²) in [5.74, 6) is -0.409. The predicted molar refractivity (Wildman–Crippen MR) is 80.7 cm³/mol. The SMILES string of the molecule is O=C(COC(=O)C[C@@H]1C=CCC1)NCc1ccccc1Cl. The summed E-state index contributed by atoms with van der Waals surface area (Å²) in [7, 11) is 0. The van der Waals surface area contributed by atoms with Gasteiger partial charge in [0, 0.05) is 11.6 Å². The number of ether oxygens (including phenoxy) is 1. The second kappa shape index (κ2) is 7.84. The number of esters is 1. The molecule has 112 valence electrons. The third-order valence-corrected chi connectivity index (χ3v) is 3.71. The zero-order valence-corrected chi connectivity index (χ0v) is 12.4. The van der Waals surface area contributed by atoms with Gasteiger partial charge in [0.15, 0.2) is 6.61 Å². The van der Waals surface area contributed by atoms with Crippen LogP contribution in [0.1, 0.15) is 24.8 Å². The maximum atomic E-state index is 11.6. The van der Waals surface area contributed by atoms with Crippen molar-refractivity contribution in [2.45, 2.75) is 25.8 Å². The van der Waals surface area contributed by atoms with Crippen molar-refractivity contribution in [3.63, 3.8) is 0 Å².